The molecule has 1 aromatic rings. The second-order valence-electron chi connectivity index (χ2n) is 2.91. The van der Waals surface area contributed by atoms with Crippen LogP contribution < -0.4 is 4.31 Å². The lowest BCUT2D eigenvalue weighted by atomic mass is 10.2. The third kappa shape index (κ3) is 2.21. The molecular weight excluding hydrogens is 186 g/mol. The summed E-state index contributed by atoms with van der Waals surface area (Å²) in [7, 11) is -1.63. The summed E-state index contributed by atoms with van der Waals surface area (Å²) in [5.41, 5.74) is 1.50. The topological polar surface area (TPSA) is 37.4 Å². The van der Waals surface area contributed by atoms with Crippen molar-refractivity contribution in [2.75, 3.05) is 17.6 Å². The molecule has 0 aliphatic rings. The first-order valence-electron chi connectivity index (χ1n) is 3.84. The number of rotatable bonds is 2. The Kier molecular flexibility index (Phi) is 2.61. The van der Waals surface area contributed by atoms with E-state index < -0.39 is 10.0 Å². The monoisotopic (exact) mass is 198 g/mol. The smallest absolute Gasteiger partial charge is 0.232 e. The van der Waals surface area contributed by atoms with Gasteiger partial charge in [0, 0.05) is 7.05 Å². The van der Waals surface area contributed by atoms with Crippen LogP contribution in [0.15, 0.2) is 18.2 Å². The summed E-state index contributed by atoms with van der Waals surface area (Å²) >= 11 is 0. The molecule has 0 aliphatic carbocycles. The average molecular weight is 198 g/mol. The molecule has 0 saturated heterocycles. The number of hydrogen-bond acceptors (Lipinski definition) is 2. The Morgan fingerprint density at radius 1 is 1.46 bits per heavy atom. The maximum Gasteiger partial charge on any atom is 0.232 e. The summed E-state index contributed by atoms with van der Waals surface area (Å²) in [6, 6.07) is 8.23. The van der Waals surface area contributed by atoms with Gasteiger partial charge in [-0.05, 0) is 24.6 Å². The van der Waals surface area contributed by atoms with E-state index in [0.717, 1.165) is 5.56 Å². The van der Waals surface area contributed by atoms with Crippen molar-refractivity contribution in [1.82, 2.24) is 0 Å². The van der Waals surface area contributed by atoms with Crippen molar-refractivity contribution in [2.24, 2.45) is 0 Å². The Balaban J connectivity index is 3.17. The molecule has 0 spiro atoms. The summed E-state index contributed by atoms with van der Waals surface area (Å²) < 4.78 is 23.6. The fraction of sp³-hybridized carbons (Fsp3) is 0.333. The van der Waals surface area contributed by atoms with Crippen LogP contribution in [-0.4, -0.2) is 21.7 Å². The van der Waals surface area contributed by atoms with E-state index in [1.807, 2.05) is 6.92 Å². The Bertz CT molecular complexity index is 398. The fourth-order valence-corrected chi connectivity index (χ4v) is 1.59. The van der Waals surface area contributed by atoms with Crippen molar-refractivity contribution in [2.45, 2.75) is 6.92 Å². The Labute approximate surface area is 79.0 Å². The first-order valence-corrected chi connectivity index (χ1v) is 5.69. The van der Waals surface area contributed by atoms with Crippen molar-refractivity contribution in [1.29, 1.82) is 0 Å². The van der Waals surface area contributed by atoms with Gasteiger partial charge in [-0.25, -0.2) is 8.42 Å². The van der Waals surface area contributed by atoms with Crippen LogP contribution in [0.2, 0.25) is 0 Å². The van der Waals surface area contributed by atoms with E-state index in [2.05, 4.69) is 6.07 Å². The molecule has 0 bridgehead atoms. The minimum atomic E-state index is -3.17. The quantitative estimate of drug-likeness (QED) is 0.716. The molecule has 4 heteroatoms. The zero-order valence-corrected chi connectivity index (χ0v) is 8.72. The molecule has 13 heavy (non-hydrogen) atoms. The normalized spacial score (nSPS) is 11.3. The van der Waals surface area contributed by atoms with Gasteiger partial charge in [0.05, 0.1) is 11.9 Å². The third-order valence-electron chi connectivity index (χ3n) is 1.87. The van der Waals surface area contributed by atoms with E-state index >= 15 is 0 Å². The highest BCUT2D eigenvalue weighted by Gasteiger charge is 2.12. The number of sulfonamides is 1. The first-order chi connectivity index (χ1) is 5.93. The number of nitrogens with zero attached hydrogens (tertiary/aromatic N) is 1. The molecule has 0 saturated carbocycles. The average Bonchev–Trinajstić information content (AvgIpc) is 2.02. The summed E-state index contributed by atoms with van der Waals surface area (Å²) in [6.07, 6.45) is 1.18. The highest BCUT2D eigenvalue weighted by atomic mass is 32.2. The van der Waals surface area contributed by atoms with Crippen LogP contribution in [-0.2, 0) is 10.0 Å². The summed E-state index contributed by atoms with van der Waals surface area (Å²) in [6.45, 7) is 1.83. The first kappa shape index (κ1) is 10.1. The van der Waals surface area contributed by atoms with Gasteiger partial charge in [-0.1, -0.05) is 12.1 Å². The zero-order valence-electron chi connectivity index (χ0n) is 7.90. The van der Waals surface area contributed by atoms with E-state index in [9.17, 15) is 8.42 Å². The van der Waals surface area contributed by atoms with Crippen LogP contribution in [0.3, 0.4) is 0 Å². The molecule has 0 unspecified atom stereocenters. The predicted molar refractivity (Wildman–Crippen MR) is 53.3 cm³/mol. The highest BCUT2D eigenvalue weighted by molar-refractivity contribution is 7.92. The van der Waals surface area contributed by atoms with Gasteiger partial charge in [-0.15, -0.1) is 0 Å². The molecular formula is C9H12NO2S. The van der Waals surface area contributed by atoms with Crippen LogP contribution in [0.25, 0.3) is 0 Å². The SMILES string of the molecule is Cc1[c]cccc1N(C)S(C)(=O)=O. The Hall–Kier alpha value is -1.03. The standard InChI is InChI=1S/C9H12NO2S/c1-8-6-4-5-7-9(8)10(2)13(3,11)12/h4-5,7H,1-3H3. The van der Waals surface area contributed by atoms with E-state index in [4.69, 9.17) is 0 Å². The number of aryl methyl sites for hydroxylation is 1. The van der Waals surface area contributed by atoms with E-state index in [-0.39, 0.29) is 0 Å². The molecule has 1 rings (SSSR count). The van der Waals surface area contributed by atoms with Gasteiger partial charge in [0.2, 0.25) is 10.0 Å². The molecule has 0 N–H and O–H groups in total. The molecule has 1 aromatic carbocycles. The number of hydrogen-bond donors (Lipinski definition) is 0. The van der Waals surface area contributed by atoms with Crippen LogP contribution in [0.1, 0.15) is 5.56 Å². The third-order valence-corrected chi connectivity index (χ3v) is 3.06. The van der Waals surface area contributed by atoms with Crippen LogP contribution in [0.4, 0.5) is 5.69 Å². The van der Waals surface area contributed by atoms with Gasteiger partial charge in [0.15, 0.2) is 0 Å². The maximum atomic E-state index is 11.2. The second kappa shape index (κ2) is 3.38. The lowest BCUT2D eigenvalue weighted by Gasteiger charge is -2.18. The van der Waals surface area contributed by atoms with E-state index in [1.54, 1.807) is 18.2 Å². The van der Waals surface area contributed by atoms with Crippen molar-refractivity contribution in [3.8, 4) is 0 Å². The Morgan fingerprint density at radius 2 is 2.08 bits per heavy atom. The molecule has 0 aromatic heterocycles. The molecule has 71 valence electrons. The van der Waals surface area contributed by atoms with Crippen molar-refractivity contribution in [3.05, 3.63) is 29.8 Å². The molecule has 0 fully saturated rings. The van der Waals surface area contributed by atoms with Crippen molar-refractivity contribution < 1.29 is 8.42 Å². The summed E-state index contributed by atoms with van der Waals surface area (Å²) in [5.74, 6) is 0. The van der Waals surface area contributed by atoms with Gasteiger partial charge in [0.1, 0.15) is 0 Å². The van der Waals surface area contributed by atoms with Crippen molar-refractivity contribution in [3.63, 3.8) is 0 Å². The number of anilines is 1. The molecule has 0 amide bonds. The highest BCUT2D eigenvalue weighted by Crippen LogP contribution is 2.19. The lowest BCUT2D eigenvalue weighted by Crippen LogP contribution is -2.25. The molecule has 0 atom stereocenters. The maximum absolute atomic E-state index is 11.2. The summed E-state index contributed by atoms with van der Waals surface area (Å²) in [5, 5.41) is 0. The van der Waals surface area contributed by atoms with Crippen LogP contribution in [0.5, 0.6) is 0 Å². The van der Waals surface area contributed by atoms with Crippen LogP contribution >= 0.6 is 0 Å². The minimum Gasteiger partial charge on any atom is -0.273 e. The van der Waals surface area contributed by atoms with Gasteiger partial charge < -0.3 is 0 Å². The predicted octanol–water partition coefficient (Wildman–Crippen LogP) is 1.19. The zero-order chi connectivity index (χ0) is 10.1. The van der Waals surface area contributed by atoms with Crippen LogP contribution in [0, 0.1) is 13.0 Å². The summed E-state index contributed by atoms with van der Waals surface area (Å²) in [4.78, 5) is 0. The second-order valence-corrected chi connectivity index (χ2v) is 4.92. The Morgan fingerprint density at radius 3 is 2.54 bits per heavy atom. The number of benzene rings is 1. The van der Waals surface area contributed by atoms with Gasteiger partial charge >= 0.3 is 0 Å². The minimum absolute atomic E-state index is 0.671. The molecule has 0 heterocycles. The van der Waals surface area contributed by atoms with Gasteiger partial charge in [0.25, 0.3) is 0 Å². The van der Waals surface area contributed by atoms with E-state index in [1.165, 1.54) is 17.6 Å². The van der Waals surface area contributed by atoms with Crippen molar-refractivity contribution >= 4 is 15.7 Å². The fourth-order valence-electron chi connectivity index (χ4n) is 1.03. The lowest BCUT2D eigenvalue weighted by molar-refractivity contribution is 0.600. The van der Waals surface area contributed by atoms with Gasteiger partial charge in [-0.3, -0.25) is 4.31 Å². The largest absolute Gasteiger partial charge is 0.273 e. The molecule has 0 aliphatic heterocycles. The van der Waals surface area contributed by atoms with Gasteiger partial charge in [-0.2, -0.15) is 0 Å². The van der Waals surface area contributed by atoms with E-state index in [0.29, 0.717) is 5.69 Å². The molecule has 1 radical (unpaired) electrons. The molecule has 3 nitrogen and oxygen atoms in total.